The first kappa shape index (κ1) is 14.4. The third kappa shape index (κ3) is 3.28. The van der Waals surface area contributed by atoms with E-state index in [1.54, 1.807) is 18.2 Å². The van der Waals surface area contributed by atoms with Gasteiger partial charge in [0.2, 0.25) is 0 Å². The monoisotopic (exact) mass is 309 g/mol. The van der Waals surface area contributed by atoms with E-state index in [9.17, 15) is 9.18 Å². The standard InChI is InChI=1S/C13H9ClFN3OS/c14-10-4-7(12(16)20)1-2-11(10)18-13(19)8-3-9(15)6-17-5-8/h1-6H,(H2,16,20)(H,18,19). The molecule has 0 atom stereocenters. The molecule has 0 saturated carbocycles. The molecule has 20 heavy (non-hydrogen) atoms. The molecule has 0 unspecified atom stereocenters. The average molecular weight is 310 g/mol. The van der Waals surface area contributed by atoms with Gasteiger partial charge in [-0.15, -0.1) is 0 Å². The number of halogens is 2. The highest BCUT2D eigenvalue weighted by atomic mass is 35.5. The van der Waals surface area contributed by atoms with Crippen LogP contribution >= 0.6 is 23.8 Å². The Bertz CT molecular complexity index is 693. The van der Waals surface area contributed by atoms with Gasteiger partial charge in [-0.2, -0.15) is 0 Å². The smallest absolute Gasteiger partial charge is 0.257 e. The molecule has 7 heteroatoms. The Kier molecular flexibility index (Phi) is 4.26. The molecule has 2 aromatic rings. The van der Waals surface area contributed by atoms with Crippen molar-refractivity contribution in [1.82, 2.24) is 4.98 Å². The fraction of sp³-hybridized carbons (Fsp3) is 0. The van der Waals surface area contributed by atoms with Gasteiger partial charge in [-0.1, -0.05) is 23.8 Å². The maximum absolute atomic E-state index is 13.0. The molecule has 2 rings (SSSR count). The lowest BCUT2D eigenvalue weighted by Gasteiger charge is -2.08. The summed E-state index contributed by atoms with van der Waals surface area (Å²) in [5.41, 5.74) is 6.54. The van der Waals surface area contributed by atoms with Crippen LogP contribution in [-0.2, 0) is 0 Å². The predicted octanol–water partition coefficient (Wildman–Crippen LogP) is 2.76. The fourth-order valence-corrected chi connectivity index (χ4v) is 1.86. The number of carbonyl (C=O) groups is 1. The number of thiocarbonyl (C=S) groups is 1. The topological polar surface area (TPSA) is 68.0 Å². The molecule has 1 aromatic carbocycles. The summed E-state index contributed by atoms with van der Waals surface area (Å²) in [6.07, 6.45) is 2.27. The van der Waals surface area contributed by atoms with Crippen LogP contribution in [0.2, 0.25) is 5.02 Å². The van der Waals surface area contributed by atoms with Gasteiger partial charge in [-0.3, -0.25) is 9.78 Å². The summed E-state index contributed by atoms with van der Waals surface area (Å²) in [4.78, 5) is 15.7. The van der Waals surface area contributed by atoms with Crippen LogP contribution in [0.3, 0.4) is 0 Å². The molecule has 1 aromatic heterocycles. The number of nitrogens with one attached hydrogen (secondary N) is 1. The number of pyridine rings is 1. The molecule has 1 amide bonds. The first-order valence-corrected chi connectivity index (χ1v) is 6.27. The van der Waals surface area contributed by atoms with Crippen LogP contribution in [-0.4, -0.2) is 15.9 Å². The summed E-state index contributed by atoms with van der Waals surface area (Å²) < 4.78 is 13.0. The first-order chi connectivity index (χ1) is 9.47. The van der Waals surface area contributed by atoms with Crippen molar-refractivity contribution in [1.29, 1.82) is 0 Å². The number of carbonyl (C=O) groups excluding carboxylic acids is 1. The molecule has 0 aliphatic heterocycles. The Morgan fingerprint density at radius 3 is 2.65 bits per heavy atom. The third-order valence-electron chi connectivity index (χ3n) is 2.47. The number of nitrogens with zero attached hydrogens (tertiary/aromatic N) is 1. The van der Waals surface area contributed by atoms with E-state index in [0.29, 0.717) is 11.3 Å². The molecule has 0 aliphatic carbocycles. The van der Waals surface area contributed by atoms with Crippen molar-refractivity contribution in [2.75, 3.05) is 5.32 Å². The van der Waals surface area contributed by atoms with Crippen LogP contribution < -0.4 is 11.1 Å². The Hall–Kier alpha value is -2.05. The molecule has 4 nitrogen and oxygen atoms in total. The Labute approximate surface area is 124 Å². The molecule has 102 valence electrons. The van der Waals surface area contributed by atoms with E-state index in [2.05, 4.69) is 10.3 Å². The first-order valence-electron chi connectivity index (χ1n) is 5.48. The van der Waals surface area contributed by atoms with Crippen molar-refractivity contribution in [2.45, 2.75) is 0 Å². The Balaban J connectivity index is 2.22. The van der Waals surface area contributed by atoms with Crippen molar-refractivity contribution in [3.63, 3.8) is 0 Å². The number of benzene rings is 1. The minimum Gasteiger partial charge on any atom is -0.389 e. The van der Waals surface area contributed by atoms with Crippen molar-refractivity contribution in [3.8, 4) is 0 Å². The summed E-state index contributed by atoms with van der Waals surface area (Å²) in [7, 11) is 0. The molecular weight excluding hydrogens is 301 g/mol. The highest BCUT2D eigenvalue weighted by Gasteiger charge is 2.10. The third-order valence-corrected chi connectivity index (χ3v) is 3.02. The van der Waals surface area contributed by atoms with Crippen molar-refractivity contribution in [2.24, 2.45) is 5.73 Å². The van der Waals surface area contributed by atoms with Gasteiger partial charge in [0, 0.05) is 11.8 Å². The van der Waals surface area contributed by atoms with Gasteiger partial charge >= 0.3 is 0 Å². The molecule has 0 fully saturated rings. The molecule has 3 N–H and O–H groups in total. The highest BCUT2D eigenvalue weighted by Crippen LogP contribution is 2.23. The van der Waals surface area contributed by atoms with Crippen LogP contribution in [0.4, 0.5) is 10.1 Å². The van der Waals surface area contributed by atoms with E-state index in [1.807, 2.05) is 0 Å². The number of rotatable bonds is 3. The predicted molar refractivity (Wildman–Crippen MR) is 79.5 cm³/mol. The molecule has 0 bridgehead atoms. The van der Waals surface area contributed by atoms with Gasteiger partial charge < -0.3 is 11.1 Å². The van der Waals surface area contributed by atoms with E-state index >= 15 is 0 Å². The van der Waals surface area contributed by atoms with Crippen LogP contribution in [0.25, 0.3) is 0 Å². The number of hydrogen-bond acceptors (Lipinski definition) is 3. The maximum atomic E-state index is 13.0. The summed E-state index contributed by atoms with van der Waals surface area (Å²) in [5, 5.41) is 2.84. The van der Waals surface area contributed by atoms with Gasteiger partial charge in [0.25, 0.3) is 5.91 Å². The average Bonchev–Trinajstić information content (AvgIpc) is 2.40. The number of hydrogen-bond donors (Lipinski definition) is 2. The van der Waals surface area contributed by atoms with Gasteiger partial charge in [-0.25, -0.2) is 4.39 Å². The van der Waals surface area contributed by atoms with E-state index in [1.165, 1.54) is 6.20 Å². The van der Waals surface area contributed by atoms with E-state index in [0.717, 1.165) is 12.3 Å². The Morgan fingerprint density at radius 2 is 2.05 bits per heavy atom. The SMILES string of the molecule is NC(=S)c1ccc(NC(=O)c2cncc(F)c2)c(Cl)c1. The summed E-state index contributed by atoms with van der Waals surface area (Å²) >= 11 is 10.8. The van der Waals surface area contributed by atoms with Gasteiger partial charge in [0.15, 0.2) is 0 Å². The maximum Gasteiger partial charge on any atom is 0.257 e. The second kappa shape index (κ2) is 5.94. The number of aromatic nitrogens is 1. The lowest BCUT2D eigenvalue weighted by atomic mass is 10.2. The van der Waals surface area contributed by atoms with Crippen LogP contribution in [0.15, 0.2) is 36.7 Å². The molecule has 0 spiro atoms. The van der Waals surface area contributed by atoms with Crippen LogP contribution in [0, 0.1) is 5.82 Å². The van der Waals surface area contributed by atoms with E-state index < -0.39 is 11.7 Å². The molecule has 0 aliphatic rings. The molecule has 0 saturated heterocycles. The van der Waals surface area contributed by atoms with Crippen molar-refractivity contribution < 1.29 is 9.18 Å². The zero-order chi connectivity index (χ0) is 14.7. The van der Waals surface area contributed by atoms with E-state index in [-0.39, 0.29) is 15.6 Å². The van der Waals surface area contributed by atoms with Gasteiger partial charge in [0.1, 0.15) is 10.8 Å². The molecule has 0 radical (unpaired) electrons. The largest absolute Gasteiger partial charge is 0.389 e. The summed E-state index contributed by atoms with van der Waals surface area (Å²) in [6.45, 7) is 0. The van der Waals surface area contributed by atoms with E-state index in [4.69, 9.17) is 29.6 Å². The minimum atomic E-state index is -0.590. The quantitative estimate of drug-likeness (QED) is 0.856. The van der Waals surface area contributed by atoms with Gasteiger partial charge in [0.05, 0.1) is 22.5 Å². The molecular formula is C13H9ClFN3OS. The number of amides is 1. The van der Waals surface area contributed by atoms with Crippen molar-refractivity contribution >= 4 is 40.4 Å². The Morgan fingerprint density at radius 1 is 1.30 bits per heavy atom. The summed E-state index contributed by atoms with van der Waals surface area (Å²) in [5.74, 6) is -1.10. The zero-order valence-corrected chi connectivity index (χ0v) is 11.6. The number of anilines is 1. The highest BCUT2D eigenvalue weighted by molar-refractivity contribution is 7.80. The number of nitrogens with two attached hydrogens (primary N) is 1. The van der Waals surface area contributed by atoms with Crippen molar-refractivity contribution in [3.05, 3.63) is 58.6 Å². The molecule has 1 heterocycles. The van der Waals surface area contributed by atoms with Crippen LogP contribution in [0.5, 0.6) is 0 Å². The lowest BCUT2D eigenvalue weighted by Crippen LogP contribution is -2.14. The fourth-order valence-electron chi connectivity index (χ4n) is 1.50. The minimum absolute atomic E-state index is 0.0967. The zero-order valence-electron chi connectivity index (χ0n) is 10.1. The van der Waals surface area contributed by atoms with Gasteiger partial charge in [-0.05, 0) is 24.3 Å². The summed E-state index contributed by atoms with van der Waals surface area (Å²) in [6, 6.07) is 5.83. The second-order valence-corrected chi connectivity index (χ2v) is 4.75. The normalized spacial score (nSPS) is 10.1. The lowest BCUT2D eigenvalue weighted by molar-refractivity contribution is 0.102. The second-order valence-electron chi connectivity index (χ2n) is 3.90. The van der Waals surface area contributed by atoms with Crippen LogP contribution in [0.1, 0.15) is 15.9 Å².